The summed E-state index contributed by atoms with van der Waals surface area (Å²) in [5.74, 6) is -1.41. The van der Waals surface area contributed by atoms with Crippen LogP contribution in [0, 0.1) is 0 Å². The van der Waals surface area contributed by atoms with Gasteiger partial charge in [0.25, 0.3) is 11.7 Å². The summed E-state index contributed by atoms with van der Waals surface area (Å²) in [7, 11) is 0. The highest BCUT2D eigenvalue weighted by molar-refractivity contribution is 6.49. The quantitative estimate of drug-likeness (QED) is 0.471. The number of carbonyl (C=O) groups excluding carboxylic acids is 3. The minimum atomic E-state index is -0.769. The number of nitrogens with one attached hydrogen (secondary N) is 1. The lowest BCUT2D eigenvalue weighted by Gasteiger charge is -2.20. The Hall–Kier alpha value is -3.12. The number of para-hydroxylation sites is 2. The summed E-state index contributed by atoms with van der Waals surface area (Å²) in [6, 6.07) is 14.1. The average molecular weight is 438 g/mol. The van der Waals surface area contributed by atoms with Gasteiger partial charge in [0, 0.05) is 30.2 Å². The Morgan fingerprint density at radius 3 is 2.32 bits per heavy atom. The van der Waals surface area contributed by atoms with Gasteiger partial charge in [0.15, 0.2) is 0 Å². The lowest BCUT2D eigenvalue weighted by Crippen LogP contribution is -2.34. The molecule has 1 fully saturated rings. The molecule has 0 aliphatic carbocycles. The van der Waals surface area contributed by atoms with Gasteiger partial charge < -0.3 is 14.8 Å². The topological polar surface area (TPSA) is 71.4 Å². The van der Waals surface area contributed by atoms with E-state index in [2.05, 4.69) is 5.32 Å². The van der Waals surface area contributed by atoms with Gasteiger partial charge in [-0.2, -0.15) is 0 Å². The predicted molar refractivity (Wildman–Crippen MR) is 121 cm³/mol. The molecule has 2 heterocycles. The molecule has 0 radical (unpaired) electrons. The molecule has 6 nitrogen and oxygen atoms in total. The van der Waals surface area contributed by atoms with Crippen LogP contribution in [0.4, 0.5) is 5.69 Å². The number of hydrogen-bond acceptors (Lipinski definition) is 3. The van der Waals surface area contributed by atoms with Crippen molar-refractivity contribution in [3.8, 4) is 0 Å². The molecule has 2 amide bonds. The molecule has 7 heteroatoms. The SMILES string of the molecule is O=C(Nc1ccccc1Cl)C(=O)c1cn(CC(=O)N2CCCCCC2)c2ccccc12. The molecule has 0 bridgehead atoms. The van der Waals surface area contributed by atoms with Gasteiger partial charge in [-0.3, -0.25) is 14.4 Å². The summed E-state index contributed by atoms with van der Waals surface area (Å²) in [6.07, 6.45) is 5.94. The van der Waals surface area contributed by atoms with Crippen LogP contribution in [0.1, 0.15) is 36.0 Å². The zero-order valence-corrected chi connectivity index (χ0v) is 17.9. The second-order valence-electron chi connectivity index (χ2n) is 7.75. The number of ketones is 1. The summed E-state index contributed by atoms with van der Waals surface area (Å²) in [6.45, 7) is 1.67. The van der Waals surface area contributed by atoms with Gasteiger partial charge in [0.05, 0.1) is 16.3 Å². The van der Waals surface area contributed by atoms with E-state index in [0.717, 1.165) is 44.3 Å². The number of carbonyl (C=O) groups is 3. The summed E-state index contributed by atoms with van der Waals surface area (Å²) >= 11 is 6.09. The maximum absolute atomic E-state index is 13.0. The van der Waals surface area contributed by atoms with Crippen molar-refractivity contribution in [2.45, 2.75) is 32.2 Å². The third kappa shape index (κ3) is 4.64. The van der Waals surface area contributed by atoms with Gasteiger partial charge in [0.2, 0.25) is 5.91 Å². The van der Waals surface area contributed by atoms with Crippen LogP contribution >= 0.6 is 11.6 Å². The first-order chi connectivity index (χ1) is 15.0. The number of likely N-dealkylation sites (tertiary alicyclic amines) is 1. The van der Waals surface area contributed by atoms with E-state index in [-0.39, 0.29) is 18.0 Å². The first-order valence-corrected chi connectivity index (χ1v) is 10.9. The van der Waals surface area contributed by atoms with Crippen LogP contribution < -0.4 is 5.32 Å². The standard InChI is InChI=1S/C24H24ClN3O3/c25-19-10-4-5-11-20(19)26-24(31)23(30)18-15-28(21-12-6-3-9-17(18)21)16-22(29)27-13-7-1-2-8-14-27/h3-6,9-12,15H,1-2,7-8,13-14,16H2,(H,26,31). The molecule has 2 aromatic carbocycles. The van der Waals surface area contributed by atoms with Gasteiger partial charge in [-0.05, 0) is 31.0 Å². The Morgan fingerprint density at radius 2 is 1.58 bits per heavy atom. The number of hydrogen-bond donors (Lipinski definition) is 1. The molecule has 1 saturated heterocycles. The number of Topliss-reactive ketones (excluding diaryl/α,β-unsaturated/α-hetero) is 1. The van der Waals surface area contributed by atoms with Gasteiger partial charge in [-0.15, -0.1) is 0 Å². The zero-order chi connectivity index (χ0) is 21.8. The third-order valence-corrected chi connectivity index (χ3v) is 5.96. The van der Waals surface area contributed by atoms with Crippen molar-refractivity contribution in [1.29, 1.82) is 0 Å². The van der Waals surface area contributed by atoms with Crippen molar-refractivity contribution in [3.05, 3.63) is 65.3 Å². The number of anilines is 1. The Labute approximate surface area is 185 Å². The Balaban J connectivity index is 1.58. The van der Waals surface area contributed by atoms with Gasteiger partial charge in [0.1, 0.15) is 6.54 Å². The number of rotatable bonds is 5. The van der Waals surface area contributed by atoms with Gasteiger partial charge in [-0.1, -0.05) is 54.8 Å². The highest BCUT2D eigenvalue weighted by Crippen LogP contribution is 2.24. The summed E-state index contributed by atoms with van der Waals surface area (Å²) in [4.78, 5) is 40.4. The maximum atomic E-state index is 13.0. The fourth-order valence-electron chi connectivity index (χ4n) is 3.99. The van der Waals surface area contributed by atoms with Crippen molar-refractivity contribution in [2.24, 2.45) is 0 Å². The second kappa shape index (κ2) is 9.35. The van der Waals surface area contributed by atoms with Crippen molar-refractivity contribution >= 4 is 45.8 Å². The second-order valence-corrected chi connectivity index (χ2v) is 8.15. The van der Waals surface area contributed by atoms with E-state index in [1.54, 1.807) is 41.1 Å². The van der Waals surface area contributed by atoms with Crippen molar-refractivity contribution < 1.29 is 14.4 Å². The highest BCUT2D eigenvalue weighted by Gasteiger charge is 2.24. The number of halogens is 1. The molecule has 0 saturated carbocycles. The fourth-order valence-corrected chi connectivity index (χ4v) is 4.17. The molecule has 1 aromatic heterocycles. The largest absolute Gasteiger partial charge is 0.341 e. The van der Waals surface area contributed by atoms with Crippen LogP contribution in [0.5, 0.6) is 0 Å². The lowest BCUT2D eigenvalue weighted by molar-refractivity contribution is -0.131. The molecule has 3 aromatic rings. The van der Waals surface area contributed by atoms with Crippen molar-refractivity contribution in [2.75, 3.05) is 18.4 Å². The number of nitrogens with zero attached hydrogens (tertiary/aromatic N) is 2. The van der Waals surface area contributed by atoms with Gasteiger partial charge >= 0.3 is 0 Å². The Kier molecular flexibility index (Phi) is 6.37. The molecule has 0 unspecified atom stereocenters. The van der Waals surface area contributed by atoms with Crippen LogP contribution in [0.3, 0.4) is 0 Å². The molecular weight excluding hydrogens is 414 g/mol. The predicted octanol–water partition coefficient (Wildman–Crippen LogP) is 4.52. The molecule has 1 aliphatic rings. The molecule has 4 rings (SSSR count). The zero-order valence-electron chi connectivity index (χ0n) is 17.1. The molecule has 0 atom stereocenters. The molecule has 31 heavy (non-hydrogen) atoms. The Morgan fingerprint density at radius 1 is 0.903 bits per heavy atom. The monoisotopic (exact) mass is 437 g/mol. The van der Waals surface area contributed by atoms with E-state index < -0.39 is 11.7 Å². The molecule has 1 aliphatic heterocycles. The summed E-state index contributed by atoms with van der Waals surface area (Å²) in [5, 5.41) is 3.58. The average Bonchev–Trinajstić information content (AvgIpc) is 2.94. The number of amides is 2. The van der Waals surface area contributed by atoms with E-state index in [1.807, 2.05) is 23.1 Å². The van der Waals surface area contributed by atoms with Crippen LogP contribution in [-0.2, 0) is 16.1 Å². The maximum Gasteiger partial charge on any atom is 0.296 e. The molecular formula is C24H24ClN3O3. The molecule has 160 valence electrons. The molecule has 1 N–H and O–H groups in total. The third-order valence-electron chi connectivity index (χ3n) is 5.63. The van der Waals surface area contributed by atoms with Crippen LogP contribution in [0.15, 0.2) is 54.7 Å². The van der Waals surface area contributed by atoms with E-state index in [0.29, 0.717) is 16.1 Å². The van der Waals surface area contributed by atoms with Crippen LogP contribution in [0.25, 0.3) is 10.9 Å². The van der Waals surface area contributed by atoms with Crippen LogP contribution in [0.2, 0.25) is 5.02 Å². The number of fused-ring (bicyclic) bond motifs is 1. The van der Waals surface area contributed by atoms with E-state index in [9.17, 15) is 14.4 Å². The molecule has 0 spiro atoms. The van der Waals surface area contributed by atoms with Crippen molar-refractivity contribution in [1.82, 2.24) is 9.47 Å². The summed E-state index contributed by atoms with van der Waals surface area (Å²) < 4.78 is 1.76. The van der Waals surface area contributed by atoms with E-state index in [1.165, 1.54) is 0 Å². The lowest BCUT2D eigenvalue weighted by atomic mass is 10.1. The number of aromatic nitrogens is 1. The van der Waals surface area contributed by atoms with Crippen LogP contribution in [-0.4, -0.2) is 40.2 Å². The summed E-state index contributed by atoms with van der Waals surface area (Å²) in [5.41, 5.74) is 1.39. The minimum Gasteiger partial charge on any atom is -0.341 e. The Bertz CT molecular complexity index is 1130. The van der Waals surface area contributed by atoms with Gasteiger partial charge in [-0.25, -0.2) is 0 Å². The van der Waals surface area contributed by atoms with E-state index >= 15 is 0 Å². The number of benzene rings is 2. The van der Waals surface area contributed by atoms with Crippen molar-refractivity contribution in [3.63, 3.8) is 0 Å². The first-order valence-electron chi connectivity index (χ1n) is 10.5. The highest BCUT2D eigenvalue weighted by atomic mass is 35.5. The minimum absolute atomic E-state index is 0.0298. The fraction of sp³-hybridized carbons (Fsp3) is 0.292. The first kappa shape index (κ1) is 21.1. The normalized spacial score (nSPS) is 14.3. The smallest absolute Gasteiger partial charge is 0.296 e. The van der Waals surface area contributed by atoms with E-state index in [4.69, 9.17) is 11.6 Å².